The summed E-state index contributed by atoms with van der Waals surface area (Å²) in [5.41, 5.74) is -1.98. The van der Waals surface area contributed by atoms with E-state index in [1.54, 1.807) is 13.8 Å². The van der Waals surface area contributed by atoms with E-state index in [1.165, 1.54) is 18.2 Å². The van der Waals surface area contributed by atoms with Crippen molar-refractivity contribution in [2.45, 2.75) is 24.1 Å². The number of esters is 2. The van der Waals surface area contributed by atoms with Crippen molar-refractivity contribution in [2.24, 2.45) is 5.41 Å². The Kier molecular flexibility index (Phi) is 5.98. The minimum atomic E-state index is -4.19. The molecule has 0 aliphatic carbocycles. The Morgan fingerprint density at radius 2 is 1.76 bits per heavy atom. The van der Waals surface area contributed by atoms with Gasteiger partial charge in [0.25, 0.3) is 0 Å². The number of hydrogen-bond donors (Lipinski definition) is 1. The molecular formula is C15H17Cl2NO6S. The topological polar surface area (TPSA) is 98.8 Å². The van der Waals surface area contributed by atoms with Gasteiger partial charge in [0.05, 0.1) is 23.1 Å². The predicted molar refractivity (Wildman–Crippen MR) is 91.1 cm³/mol. The SMILES string of the molecule is CCOC(=O)C1(C(=O)OCC)CNC1S(=O)(=O)c1ccc(Cl)cc1Cl. The molecule has 1 atom stereocenters. The predicted octanol–water partition coefficient (Wildman–Crippen LogP) is 1.81. The molecule has 2 rings (SSSR count). The van der Waals surface area contributed by atoms with Crippen molar-refractivity contribution in [1.82, 2.24) is 5.32 Å². The minimum absolute atomic E-state index is 0.00550. The monoisotopic (exact) mass is 409 g/mol. The van der Waals surface area contributed by atoms with E-state index in [0.717, 1.165) is 0 Å². The van der Waals surface area contributed by atoms with Gasteiger partial charge in [-0.2, -0.15) is 0 Å². The quantitative estimate of drug-likeness (QED) is 0.564. The number of hydrogen-bond acceptors (Lipinski definition) is 7. The molecular weight excluding hydrogens is 393 g/mol. The first kappa shape index (κ1) is 20.0. The van der Waals surface area contributed by atoms with Gasteiger partial charge in [-0.25, -0.2) is 8.42 Å². The first-order valence-electron chi connectivity index (χ1n) is 7.48. The summed E-state index contributed by atoms with van der Waals surface area (Å²) in [5, 5.41) is 1.22. The van der Waals surface area contributed by atoms with Crippen LogP contribution in [0.2, 0.25) is 10.0 Å². The minimum Gasteiger partial charge on any atom is -0.465 e. The first-order chi connectivity index (χ1) is 11.7. The number of nitrogens with one attached hydrogen (secondary N) is 1. The molecule has 0 bridgehead atoms. The highest BCUT2D eigenvalue weighted by atomic mass is 35.5. The van der Waals surface area contributed by atoms with E-state index in [-0.39, 0.29) is 34.7 Å². The largest absolute Gasteiger partial charge is 0.465 e. The maximum atomic E-state index is 13.0. The standard InChI is InChI=1S/C15H17Cl2NO6S/c1-3-23-13(19)15(14(20)24-4-2)8-18-12(15)25(21,22)11-6-5-9(16)7-10(11)17/h5-7,12,18H,3-4,8H2,1-2H3. The lowest BCUT2D eigenvalue weighted by Crippen LogP contribution is -2.73. The lowest BCUT2D eigenvalue weighted by molar-refractivity contribution is -0.177. The summed E-state index contributed by atoms with van der Waals surface area (Å²) in [5.74, 6) is -1.91. The number of sulfone groups is 1. The fraction of sp³-hybridized carbons (Fsp3) is 0.467. The van der Waals surface area contributed by atoms with Gasteiger partial charge in [-0.05, 0) is 32.0 Å². The second-order valence-corrected chi connectivity index (χ2v) is 8.14. The van der Waals surface area contributed by atoms with Gasteiger partial charge in [0.1, 0.15) is 5.37 Å². The maximum Gasteiger partial charge on any atom is 0.327 e. The molecule has 1 aliphatic heterocycles. The summed E-state index contributed by atoms with van der Waals surface area (Å²) in [7, 11) is -4.19. The van der Waals surface area contributed by atoms with Gasteiger partial charge in [-0.15, -0.1) is 0 Å². The van der Waals surface area contributed by atoms with Gasteiger partial charge < -0.3 is 9.47 Å². The summed E-state index contributed by atoms with van der Waals surface area (Å²) >= 11 is 11.8. The van der Waals surface area contributed by atoms with Gasteiger partial charge in [-0.1, -0.05) is 23.2 Å². The summed E-state index contributed by atoms with van der Waals surface area (Å²) in [4.78, 5) is 24.6. The Bertz CT molecular complexity index is 777. The van der Waals surface area contributed by atoms with Gasteiger partial charge in [0.2, 0.25) is 5.41 Å². The molecule has 1 saturated heterocycles. The third kappa shape index (κ3) is 3.36. The van der Waals surface area contributed by atoms with E-state index in [2.05, 4.69) is 5.32 Å². The Hall–Kier alpha value is -1.35. The van der Waals surface area contributed by atoms with Crippen molar-refractivity contribution in [3.63, 3.8) is 0 Å². The number of rotatable bonds is 6. The van der Waals surface area contributed by atoms with Crippen LogP contribution in [0, 0.1) is 5.41 Å². The Labute approximate surface area is 155 Å². The molecule has 10 heteroatoms. The molecule has 1 aromatic rings. The van der Waals surface area contributed by atoms with E-state index in [1.807, 2.05) is 0 Å². The highest BCUT2D eigenvalue weighted by Crippen LogP contribution is 2.40. The van der Waals surface area contributed by atoms with E-state index in [0.29, 0.717) is 0 Å². The molecule has 0 amide bonds. The van der Waals surface area contributed by atoms with Gasteiger partial charge >= 0.3 is 11.9 Å². The zero-order chi connectivity index (χ0) is 18.8. The normalized spacial score (nSPS) is 19.0. The second kappa shape index (κ2) is 7.49. The molecule has 138 valence electrons. The third-order valence-electron chi connectivity index (χ3n) is 3.80. The van der Waals surface area contributed by atoms with Gasteiger partial charge in [-0.3, -0.25) is 14.9 Å². The van der Waals surface area contributed by atoms with Crippen LogP contribution in [-0.4, -0.2) is 45.5 Å². The average molecular weight is 410 g/mol. The Morgan fingerprint density at radius 3 is 2.16 bits per heavy atom. The fourth-order valence-corrected chi connectivity index (χ4v) is 5.24. The number of ether oxygens (including phenoxy) is 2. The van der Waals surface area contributed by atoms with Gasteiger partial charge in [0.15, 0.2) is 9.84 Å². The van der Waals surface area contributed by atoms with Crippen LogP contribution < -0.4 is 5.32 Å². The van der Waals surface area contributed by atoms with Crippen LogP contribution in [0.1, 0.15) is 13.8 Å². The molecule has 7 nitrogen and oxygen atoms in total. The smallest absolute Gasteiger partial charge is 0.327 e. The summed E-state index contributed by atoms with van der Waals surface area (Å²) < 4.78 is 35.8. The molecule has 1 aromatic carbocycles. The van der Waals surface area contributed by atoms with Crippen molar-refractivity contribution >= 4 is 45.0 Å². The van der Waals surface area contributed by atoms with Crippen LogP contribution in [-0.2, 0) is 28.9 Å². The zero-order valence-electron chi connectivity index (χ0n) is 13.5. The third-order valence-corrected chi connectivity index (χ3v) is 6.62. The summed E-state index contributed by atoms with van der Waals surface area (Å²) in [6.07, 6.45) is 0. The van der Waals surface area contributed by atoms with E-state index in [4.69, 9.17) is 32.7 Å². The molecule has 25 heavy (non-hydrogen) atoms. The number of carbonyl (C=O) groups excluding carboxylic acids is 2. The van der Waals surface area contributed by atoms with E-state index in [9.17, 15) is 18.0 Å². The average Bonchev–Trinajstić information content (AvgIpc) is 2.46. The first-order valence-corrected chi connectivity index (χ1v) is 9.78. The highest BCUT2D eigenvalue weighted by molar-refractivity contribution is 7.92. The van der Waals surface area contributed by atoms with E-state index >= 15 is 0 Å². The van der Waals surface area contributed by atoms with Crippen LogP contribution in [0.3, 0.4) is 0 Å². The van der Waals surface area contributed by atoms with Crippen LogP contribution in [0.15, 0.2) is 23.1 Å². The Morgan fingerprint density at radius 1 is 1.20 bits per heavy atom. The van der Waals surface area contributed by atoms with Crippen LogP contribution >= 0.6 is 23.2 Å². The fourth-order valence-electron chi connectivity index (χ4n) is 2.56. The number of halogens is 2. The van der Waals surface area contributed by atoms with Crippen molar-refractivity contribution in [3.8, 4) is 0 Å². The molecule has 0 radical (unpaired) electrons. The molecule has 0 saturated carbocycles. The van der Waals surface area contributed by atoms with Crippen molar-refractivity contribution in [1.29, 1.82) is 0 Å². The van der Waals surface area contributed by atoms with Crippen molar-refractivity contribution in [3.05, 3.63) is 28.2 Å². The molecule has 1 N–H and O–H groups in total. The second-order valence-electron chi connectivity index (χ2n) is 5.29. The van der Waals surface area contributed by atoms with E-state index < -0.39 is 32.6 Å². The van der Waals surface area contributed by atoms with Gasteiger partial charge in [0, 0.05) is 11.6 Å². The van der Waals surface area contributed by atoms with Crippen molar-refractivity contribution in [2.75, 3.05) is 19.8 Å². The summed E-state index contributed by atoms with van der Waals surface area (Å²) in [6.45, 7) is 2.90. The lowest BCUT2D eigenvalue weighted by Gasteiger charge is -2.44. The highest BCUT2D eigenvalue weighted by Gasteiger charge is 2.66. The lowest BCUT2D eigenvalue weighted by atomic mass is 9.81. The van der Waals surface area contributed by atoms with Crippen LogP contribution in [0.4, 0.5) is 0 Å². The number of carbonyl (C=O) groups is 2. The molecule has 1 unspecified atom stereocenters. The molecule has 1 fully saturated rings. The molecule has 1 heterocycles. The Balaban J connectivity index is 2.51. The molecule has 0 aromatic heterocycles. The molecule has 1 aliphatic rings. The molecule has 0 spiro atoms. The van der Waals surface area contributed by atoms with Crippen molar-refractivity contribution < 1.29 is 27.5 Å². The zero-order valence-corrected chi connectivity index (χ0v) is 15.9. The van der Waals surface area contributed by atoms with Crippen LogP contribution in [0.25, 0.3) is 0 Å². The number of benzene rings is 1. The maximum absolute atomic E-state index is 13.0. The van der Waals surface area contributed by atoms with Crippen LogP contribution in [0.5, 0.6) is 0 Å². The summed E-state index contributed by atoms with van der Waals surface area (Å²) in [6, 6.07) is 3.85.